The fourth-order valence-electron chi connectivity index (χ4n) is 6.92. The Kier molecular flexibility index (Phi) is 11.9. The van der Waals surface area contributed by atoms with Gasteiger partial charge in [0.05, 0.1) is 35.7 Å². The summed E-state index contributed by atoms with van der Waals surface area (Å²) in [7, 11) is 5.48. The van der Waals surface area contributed by atoms with E-state index >= 15 is 0 Å². The fourth-order valence-corrected chi connectivity index (χ4v) is 7.57. The van der Waals surface area contributed by atoms with Crippen molar-refractivity contribution in [2.24, 2.45) is 0 Å². The lowest BCUT2D eigenvalue weighted by atomic mass is 9.99. The van der Waals surface area contributed by atoms with Gasteiger partial charge in [-0.1, -0.05) is 59.6 Å². The Labute approximate surface area is 304 Å². The standard InChI is InChI=1S/C39H45Cl2N5O4/c1-25(47)46-18-13-29(14-19-46)43-23-27-10-11-34(44-39(27)49-4)33-7-5-6-31(36(33)40)32-12-17-42-38(37(32)41)26-8-9-28(35(22-26)48-3)24-45(2)30-15-20-50-21-16-30/h5-12,17,22,29-30,43H,13-16,18-21,23-24H2,1-4H3. The van der Waals surface area contributed by atoms with Gasteiger partial charge in [0.15, 0.2) is 0 Å². The van der Waals surface area contributed by atoms with E-state index in [4.69, 9.17) is 42.4 Å². The molecule has 1 amide bonds. The molecule has 264 valence electrons. The number of methoxy groups -OCH3 is 2. The Morgan fingerprint density at radius 3 is 2.38 bits per heavy atom. The number of nitrogens with one attached hydrogen (secondary N) is 1. The van der Waals surface area contributed by atoms with Crippen LogP contribution in [0.4, 0.5) is 0 Å². The number of piperidine rings is 1. The minimum atomic E-state index is 0.134. The minimum Gasteiger partial charge on any atom is -0.496 e. The van der Waals surface area contributed by atoms with Gasteiger partial charge in [-0.2, -0.15) is 0 Å². The summed E-state index contributed by atoms with van der Waals surface area (Å²) in [5, 5.41) is 4.65. The predicted octanol–water partition coefficient (Wildman–Crippen LogP) is 7.51. The number of pyridine rings is 2. The molecule has 2 aromatic heterocycles. The van der Waals surface area contributed by atoms with Crippen molar-refractivity contribution in [2.45, 2.75) is 57.8 Å². The Morgan fingerprint density at radius 2 is 1.66 bits per heavy atom. The molecule has 0 atom stereocenters. The fraction of sp³-hybridized carbons (Fsp3) is 0.410. The lowest BCUT2D eigenvalue weighted by Crippen LogP contribution is -2.44. The molecular formula is C39H45Cl2N5O4. The number of carbonyl (C=O) groups excluding carboxylic acids is 1. The number of hydrogen-bond acceptors (Lipinski definition) is 8. The Balaban J connectivity index is 1.21. The smallest absolute Gasteiger partial charge is 0.219 e. The first-order valence-electron chi connectivity index (χ1n) is 17.2. The highest BCUT2D eigenvalue weighted by molar-refractivity contribution is 6.39. The number of halogens is 2. The van der Waals surface area contributed by atoms with E-state index in [9.17, 15) is 4.79 Å². The minimum absolute atomic E-state index is 0.134. The summed E-state index contributed by atoms with van der Waals surface area (Å²) in [6, 6.07) is 18.7. The Hall–Kier alpha value is -3.73. The molecular weight excluding hydrogens is 673 g/mol. The van der Waals surface area contributed by atoms with Gasteiger partial charge in [0.1, 0.15) is 5.75 Å². The van der Waals surface area contributed by atoms with Crippen LogP contribution >= 0.6 is 23.2 Å². The number of amides is 1. The maximum atomic E-state index is 11.7. The molecule has 9 nitrogen and oxygen atoms in total. The number of aromatic nitrogens is 2. The SMILES string of the molecule is COc1cc(-c2nccc(-c3cccc(-c4ccc(CNC5CCN(C(C)=O)CC5)c(OC)n4)c3Cl)c2Cl)ccc1CN(C)C1CCOCC1. The molecule has 2 aromatic carbocycles. The summed E-state index contributed by atoms with van der Waals surface area (Å²) in [6.07, 6.45) is 5.66. The third-order valence-corrected chi connectivity index (χ3v) is 10.7. The maximum Gasteiger partial charge on any atom is 0.219 e. The van der Waals surface area contributed by atoms with Crippen molar-refractivity contribution in [2.75, 3.05) is 47.6 Å². The highest BCUT2D eigenvalue weighted by Crippen LogP contribution is 2.42. The van der Waals surface area contributed by atoms with Gasteiger partial charge in [0.25, 0.3) is 0 Å². The van der Waals surface area contributed by atoms with Crippen LogP contribution in [-0.4, -0.2) is 85.3 Å². The molecule has 0 unspecified atom stereocenters. The Morgan fingerprint density at radius 1 is 0.940 bits per heavy atom. The average molecular weight is 719 g/mol. The van der Waals surface area contributed by atoms with Crippen LogP contribution < -0.4 is 14.8 Å². The van der Waals surface area contributed by atoms with Crippen LogP contribution in [0, 0.1) is 0 Å². The van der Waals surface area contributed by atoms with Crippen molar-refractivity contribution in [1.29, 1.82) is 0 Å². The predicted molar refractivity (Wildman–Crippen MR) is 199 cm³/mol. The van der Waals surface area contributed by atoms with Gasteiger partial charge in [0, 0.05) is 98.0 Å². The molecule has 0 radical (unpaired) electrons. The molecule has 1 N–H and O–H groups in total. The summed E-state index contributed by atoms with van der Waals surface area (Å²) < 4.78 is 17.1. The molecule has 4 heterocycles. The zero-order valence-corrected chi connectivity index (χ0v) is 30.7. The molecule has 11 heteroatoms. The van der Waals surface area contributed by atoms with Crippen molar-refractivity contribution < 1.29 is 19.0 Å². The third-order valence-electron chi connectivity index (χ3n) is 9.90. The molecule has 2 aliphatic heterocycles. The van der Waals surface area contributed by atoms with Crippen LogP contribution in [0.25, 0.3) is 33.6 Å². The second-order valence-electron chi connectivity index (χ2n) is 13.0. The van der Waals surface area contributed by atoms with Crippen molar-refractivity contribution in [3.63, 3.8) is 0 Å². The first-order valence-corrected chi connectivity index (χ1v) is 17.9. The molecule has 6 rings (SSSR count). The van der Waals surface area contributed by atoms with Gasteiger partial charge >= 0.3 is 0 Å². The first-order chi connectivity index (χ1) is 24.3. The van der Waals surface area contributed by atoms with E-state index < -0.39 is 0 Å². The van der Waals surface area contributed by atoms with Crippen LogP contribution in [0.15, 0.2) is 60.8 Å². The van der Waals surface area contributed by atoms with Gasteiger partial charge < -0.3 is 24.4 Å². The number of carbonyl (C=O) groups is 1. The van der Waals surface area contributed by atoms with E-state index in [0.29, 0.717) is 45.9 Å². The van der Waals surface area contributed by atoms with Crippen LogP contribution in [-0.2, 0) is 22.6 Å². The largest absolute Gasteiger partial charge is 0.496 e. The molecule has 50 heavy (non-hydrogen) atoms. The number of hydrogen-bond donors (Lipinski definition) is 1. The molecule has 0 aliphatic carbocycles. The molecule has 2 saturated heterocycles. The summed E-state index contributed by atoms with van der Waals surface area (Å²) >= 11 is 14.2. The topological polar surface area (TPSA) is 89.0 Å². The number of ether oxygens (including phenoxy) is 3. The number of likely N-dealkylation sites (tertiary alicyclic amines) is 1. The maximum absolute atomic E-state index is 11.7. The number of rotatable bonds is 11. The zero-order valence-electron chi connectivity index (χ0n) is 29.2. The summed E-state index contributed by atoms with van der Waals surface area (Å²) in [4.78, 5) is 25.5. The number of nitrogens with zero attached hydrogens (tertiary/aromatic N) is 4. The van der Waals surface area contributed by atoms with E-state index in [1.165, 1.54) is 0 Å². The highest BCUT2D eigenvalue weighted by Gasteiger charge is 2.23. The van der Waals surface area contributed by atoms with E-state index in [0.717, 1.165) is 97.7 Å². The molecule has 2 aliphatic rings. The van der Waals surface area contributed by atoms with Crippen molar-refractivity contribution in [3.05, 3.63) is 82.0 Å². The molecule has 2 fully saturated rings. The van der Waals surface area contributed by atoms with E-state index in [1.807, 2.05) is 53.4 Å². The van der Waals surface area contributed by atoms with E-state index in [1.54, 1.807) is 27.3 Å². The second kappa shape index (κ2) is 16.5. The summed E-state index contributed by atoms with van der Waals surface area (Å²) in [5.74, 6) is 1.47. The van der Waals surface area contributed by atoms with Gasteiger partial charge in [-0.3, -0.25) is 14.7 Å². The van der Waals surface area contributed by atoms with Gasteiger partial charge in [-0.15, -0.1) is 0 Å². The third kappa shape index (κ3) is 8.08. The lowest BCUT2D eigenvalue weighted by Gasteiger charge is -2.31. The van der Waals surface area contributed by atoms with Gasteiger partial charge in [-0.05, 0) is 50.9 Å². The van der Waals surface area contributed by atoms with Crippen LogP contribution in [0.1, 0.15) is 43.7 Å². The Bertz CT molecular complexity index is 1810. The van der Waals surface area contributed by atoms with E-state index in [2.05, 4.69) is 28.3 Å². The van der Waals surface area contributed by atoms with E-state index in [-0.39, 0.29) is 5.91 Å². The monoisotopic (exact) mass is 717 g/mol. The lowest BCUT2D eigenvalue weighted by molar-refractivity contribution is -0.129. The summed E-state index contributed by atoms with van der Waals surface area (Å²) in [5.41, 5.74) is 6.59. The molecule has 0 bridgehead atoms. The average Bonchev–Trinajstić information content (AvgIpc) is 3.15. The normalized spacial score (nSPS) is 15.8. The quantitative estimate of drug-likeness (QED) is 0.171. The van der Waals surface area contributed by atoms with Crippen LogP contribution in [0.3, 0.4) is 0 Å². The molecule has 0 spiro atoms. The van der Waals surface area contributed by atoms with Gasteiger partial charge in [0.2, 0.25) is 11.8 Å². The molecule has 0 saturated carbocycles. The zero-order chi connectivity index (χ0) is 35.2. The van der Waals surface area contributed by atoms with Crippen molar-refractivity contribution in [3.8, 4) is 45.3 Å². The van der Waals surface area contributed by atoms with Crippen LogP contribution in [0.2, 0.25) is 10.0 Å². The van der Waals surface area contributed by atoms with Gasteiger partial charge in [-0.25, -0.2) is 4.98 Å². The second-order valence-corrected chi connectivity index (χ2v) is 13.8. The molecule has 4 aromatic rings. The highest BCUT2D eigenvalue weighted by atomic mass is 35.5. The van der Waals surface area contributed by atoms with Crippen molar-refractivity contribution >= 4 is 29.1 Å². The van der Waals surface area contributed by atoms with Crippen molar-refractivity contribution in [1.82, 2.24) is 25.1 Å². The van der Waals surface area contributed by atoms with Crippen LogP contribution in [0.5, 0.6) is 11.6 Å². The summed E-state index contributed by atoms with van der Waals surface area (Å²) in [6.45, 7) is 6.17. The number of benzene rings is 2. The first kappa shape index (κ1) is 36.1.